The summed E-state index contributed by atoms with van der Waals surface area (Å²) in [6, 6.07) is 13.5. The number of para-hydroxylation sites is 1. The van der Waals surface area contributed by atoms with Crippen molar-refractivity contribution in [2.75, 3.05) is 41.3 Å². The SMILES string of the molecule is CCc1nc(N=C2C=C(C(=O)Nc3ccccc3)/C=C\C(C)CC2)nc(N2CCN(c3cccnc3)CC2)n1. The van der Waals surface area contributed by atoms with Gasteiger partial charge in [0, 0.05) is 55.8 Å². The molecule has 0 radical (unpaired) electrons. The fourth-order valence-corrected chi connectivity index (χ4v) is 4.57. The summed E-state index contributed by atoms with van der Waals surface area (Å²) in [5.41, 5.74) is 3.22. The second kappa shape index (κ2) is 12.4. The summed E-state index contributed by atoms with van der Waals surface area (Å²) in [7, 11) is 0. The van der Waals surface area contributed by atoms with Crippen molar-refractivity contribution >= 4 is 34.9 Å². The highest BCUT2D eigenvalue weighted by Crippen LogP contribution is 2.22. The van der Waals surface area contributed by atoms with E-state index in [2.05, 4.69) is 44.2 Å². The number of anilines is 3. The Bertz CT molecular complexity index is 1360. The zero-order valence-corrected chi connectivity index (χ0v) is 22.5. The number of piperazine rings is 1. The summed E-state index contributed by atoms with van der Waals surface area (Å²) in [6.07, 6.45) is 11.8. The topological polar surface area (TPSA) is 99.5 Å². The first kappa shape index (κ1) is 26.2. The van der Waals surface area contributed by atoms with E-state index in [0.717, 1.165) is 56.1 Å². The lowest BCUT2D eigenvalue weighted by Gasteiger charge is -2.35. The van der Waals surface area contributed by atoms with Crippen LogP contribution in [0, 0.1) is 5.92 Å². The van der Waals surface area contributed by atoms with Crippen molar-refractivity contribution in [3.8, 4) is 0 Å². The average Bonchev–Trinajstić information content (AvgIpc) is 2.97. The number of nitrogens with one attached hydrogen (secondary N) is 1. The van der Waals surface area contributed by atoms with Crippen molar-refractivity contribution in [1.29, 1.82) is 0 Å². The molecule has 0 bridgehead atoms. The Hall–Kier alpha value is -4.40. The summed E-state index contributed by atoms with van der Waals surface area (Å²) in [6.45, 7) is 7.48. The van der Waals surface area contributed by atoms with E-state index in [9.17, 15) is 4.79 Å². The van der Waals surface area contributed by atoms with Crippen LogP contribution in [0.25, 0.3) is 0 Å². The number of rotatable bonds is 6. The summed E-state index contributed by atoms with van der Waals surface area (Å²) >= 11 is 0. The molecule has 3 aromatic rings. The van der Waals surface area contributed by atoms with Crippen molar-refractivity contribution in [3.05, 3.63) is 84.5 Å². The molecule has 9 heteroatoms. The molecule has 200 valence electrons. The molecule has 39 heavy (non-hydrogen) atoms. The van der Waals surface area contributed by atoms with Gasteiger partial charge in [-0.2, -0.15) is 15.0 Å². The maximum atomic E-state index is 13.1. The van der Waals surface area contributed by atoms with Crippen LogP contribution in [0.4, 0.5) is 23.3 Å². The lowest BCUT2D eigenvalue weighted by Crippen LogP contribution is -2.47. The number of pyridine rings is 1. The Labute approximate surface area is 229 Å². The third-order valence-corrected chi connectivity index (χ3v) is 6.87. The van der Waals surface area contributed by atoms with Gasteiger partial charge in [-0.25, -0.2) is 4.99 Å². The van der Waals surface area contributed by atoms with Gasteiger partial charge in [0.15, 0.2) is 0 Å². The van der Waals surface area contributed by atoms with Crippen LogP contribution in [0.3, 0.4) is 0 Å². The monoisotopic (exact) mass is 522 g/mol. The Balaban J connectivity index is 1.38. The zero-order chi connectivity index (χ0) is 27.0. The molecule has 3 heterocycles. The molecular formula is C30H34N8O. The first-order valence-electron chi connectivity index (χ1n) is 13.6. The Morgan fingerprint density at radius 1 is 1.03 bits per heavy atom. The molecule has 1 unspecified atom stereocenters. The van der Waals surface area contributed by atoms with E-state index in [0.29, 0.717) is 35.6 Å². The molecule has 1 atom stereocenters. The van der Waals surface area contributed by atoms with E-state index in [1.165, 1.54) is 0 Å². The highest BCUT2D eigenvalue weighted by atomic mass is 16.1. The van der Waals surface area contributed by atoms with Crippen LogP contribution < -0.4 is 15.1 Å². The molecule has 1 aliphatic carbocycles. The van der Waals surface area contributed by atoms with E-state index in [1.807, 2.05) is 61.7 Å². The predicted molar refractivity (Wildman–Crippen MR) is 156 cm³/mol. The number of aromatic nitrogens is 4. The number of nitrogens with zero attached hydrogens (tertiary/aromatic N) is 7. The first-order valence-corrected chi connectivity index (χ1v) is 13.6. The molecule has 1 aromatic carbocycles. The molecule has 2 aromatic heterocycles. The number of hydrogen-bond acceptors (Lipinski definition) is 8. The number of hydrogen-bond donors (Lipinski definition) is 1. The highest BCUT2D eigenvalue weighted by Gasteiger charge is 2.21. The van der Waals surface area contributed by atoms with Gasteiger partial charge in [-0.1, -0.05) is 44.2 Å². The van der Waals surface area contributed by atoms with Crippen LogP contribution in [-0.2, 0) is 11.2 Å². The quantitative estimate of drug-likeness (QED) is 0.497. The van der Waals surface area contributed by atoms with Gasteiger partial charge in [0.05, 0.1) is 11.9 Å². The molecule has 1 aliphatic heterocycles. The van der Waals surface area contributed by atoms with Gasteiger partial charge in [-0.05, 0) is 49.1 Å². The minimum absolute atomic E-state index is 0.170. The standard InChI is InChI=1S/C30H34N8O/c1-3-27-34-29(36-30(35-27)38-18-16-37(17-19-38)26-10-7-15-31-21-26)33-25-14-12-22(2)11-13-23(20-25)28(39)32-24-8-5-4-6-9-24/h4-11,13,15,20-22H,3,12,14,16-19H2,1-2H3,(H,32,39)/b13-11-,23-20?,33-25?. The van der Waals surface area contributed by atoms with Gasteiger partial charge < -0.3 is 15.1 Å². The lowest BCUT2D eigenvalue weighted by molar-refractivity contribution is -0.112. The smallest absolute Gasteiger partial charge is 0.255 e. The maximum absolute atomic E-state index is 13.1. The van der Waals surface area contributed by atoms with Crippen LogP contribution in [0.2, 0.25) is 0 Å². The van der Waals surface area contributed by atoms with Gasteiger partial charge in [0.2, 0.25) is 5.95 Å². The fraction of sp³-hybridized carbons (Fsp3) is 0.333. The fourth-order valence-electron chi connectivity index (χ4n) is 4.57. The molecule has 1 fully saturated rings. The number of benzene rings is 1. The van der Waals surface area contributed by atoms with E-state index < -0.39 is 0 Å². The largest absolute Gasteiger partial charge is 0.367 e. The number of aryl methyl sites for hydroxylation is 1. The molecule has 0 saturated carbocycles. The normalized spacial score (nSPS) is 19.7. The second-order valence-corrected chi connectivity index (χ2v) is 9.79. The lowest BCUT2D eigenvalue weighted by atomic mass is 9.97. The van der Waals surface area contributed by atoms with E-state index in [4.69, 9.17) is 15.0 Å². The first-order chi connectivity index (χ1) is 19.1. The molecule has 1 N–H and O–H groups in total. The molecular weight excluding hydrogens is 488 g/mol. The molecule has 9 nitrogen and oxygen atoms in total. The maximum Gasteiger partial charge on any atom is 0.255 e. The van der Waals surface area contributed by atoms with Gasteiger partial charge in [0.1, 0.15) is 5.82 Å². The van der Waals surface area contributed by atoms with Crippen LogP contribution >= 0.6 is 0 Å². The van der Waals surface area contributed by atoms with Crippen molar-refractivity contribution < 1.29 is 4.79 Å². The summed E-state index contributed by atoms with van der Waals surface area (Å²) in [5, 5.41) is 2.98. The Morgan fingerprint density at radius 2 is 1.82 bits per heavy atom. The molecule has 1 amide bonds. The van der Waals surface area contributed by atoms with Crippen LogP contribution in [0.5, 0.6) is 0 Å². The van der Waals surface area contributed by atoms with Crippen LogP contribution in [0.1, 0.15) is 32.5 Å². The van der Waals surface area contributed by atoms with Gasteiger partial charge in [0.25, 0.3) is 11.9 Å². The van der Waals surface area contributed by atoms with E-state index >= 15 is 0 Å². The van der Waals surface area contributed by atoms with Crippen LogP contribution in [0.15, 0.2) is 83.7 Å². The molecule has 2 aliphatic rings. The minimum atomic E-state index is -0.170. The molecule has 1 saturated heterocycles. The number of allylic oxidation sites excluding steroid dienone is 2. The van der Waals surface area contributed by atoms with Crippen molar-refractivity contribution in [3.63, 3.8) is 0 Å². The predicted octanol–water partition coefficient (Wildman–Crippen LogP) is 4.78. The zero-order valence-electron chi connectivity index (χ0n) is 22.5. The number of carbonyl (C=O) groups excluding carboxylic acids is 1. The van der Waals surface area contributed by atoms with Gasteiger partial charge in [-0.15, -0.1) is 0 Å². The summed E-state index contributed by atoms with van der Waals surface area (Å²) < 4.78 is 0. The molecule has 0 spiro atoms. The van der Waals surface area contributed by atoms with E-state index in [1.54, 1.807) is 6.20 Å². The van der Waals surface area contributed by atoms with Gasteiger partial charge >= 0.3 is 0 Å². The number of carbonyl (C=O) groups is 1. The third kappa shape index (κ3) is 6.93. The molecule has 5 rings (SSSR count). The van der Waals surface area contributed by atoms with Crippen molar-refractivity contribution in [2.45, 2.75) is 33.1 Å². The number of aliphatic imine (C=N–C) groups is 1. The van der Waals surface area contributed by atoms with Gasteiger partial charge in [-0.3, -0.25) is 9.78 Å². The third-order valence-electron chi connectivity index (χ3n) is 6.87. The van der Waals surface area contributed by atoms with E-state index in [-0.39, 0.29) is 5.91 Å². The average molecular weight is 523 g/mol. The minimum Gasteiger partial charge on any atom is -0.367 e. The second-order valence-electron chi connectivity index (χ2n) is 9.79. The highest BCUT2D eigenvalue weighted by molar-refractivity contribution is 6.11. The van der Waals surface area contributed by atoms with Crippen molar-refractivity contribution in [1.82, 2.24) is 19.9 Å². The Morgan fingerprint density at radius 3 is 2.56 bits per heavy atom. The van der Waals surface area contributed by atoms with Crippen LogP contribution in [-0.4, -0.2) is 57.7 Å². The van der Waals surface area contributed by atoms with Crippen molar-refractivity contribution in [2.24, 2.45) is 10.9 Å². The summed E-state index contributed by atoms with van der Waals surface area (Å²) in [5.74, 6) is 1.89. The summed E-state index contributed by atoms with van der Waals surface area (Å²) in [4.78, 5) is 40.8. The Kier molecular flexibility index (Phi) is 8.36. The number of amides is 1.